The van der Waals surface area contributed by atoms with Crippen LogP contribution in [0.25, 0.3) is 0 Å². The van der Waals surface area contributed by atoms with Gasteiger partial charge in [0.15, 0.2) is 4.90 Å². The van der Waals surface area contributed by atoms with E-state index >= 15 is 0 Å². The molecule has 7 nitrogen and oxygen atoms in total. The number of carbonyl (C=O) groups is 1. The molecular formula is C17H17NO6S. The van der Waals surface area contributed by atoms with Crippen LogP contribution in [0, 0.1) is 17.0 Å². The van der Waals surface area contributed by atoms with E-state index in [0.29, 0.717) is 18.4 Å². The minimum atomic E-state index is -4.34. The van der Waals surface area contributed by atoms with Crippen LogP contribution in [0.4, 0.5) is 5.69 Å². The van der Waals surface area contributed by atoms with Gasteiger partial charge >= 0.3 is 10.1 Å². The Morgan fingerprint density at radius 1 is 1.16 bits per heavy atom. The van der Waals surface area contributed by atoms with Gasteiger partial charge < -0.3 is 8.98 Å². The van der Waals surface area contributed by atoms with Crippen molar-refractivity contribution in [3.63, 3.8) is 0 Å². The number of hydrogen-bond donors (Lipinski definition) is 0. The predicted octanol–water partition coefficient (Wildman–Crippen LogP) is 3.19. The summed E-state index contributed by atoms with van der Waals surface area (Å²) < 4.78 is 29.7. The van der Waals surface area contributed by atoms with Crippen molar-refractivity contribution in [1.82, 2.24) is 0 Å². The largest absolute Gasteiger partial charge is 0.379 e. The van der Waals surface area contributed by atoms with E-state index in [-0.39, 0.29) is 11.5 Å². The van der Waals surface area contributed by atoms with Crippen LogP contribution in [0.1, 0.15) is 24.5 Å². The molecule has 0 N–H and O–H groups in total. The van der Waals surface area contributed by atoms with Crippen LogP contribution >= 0.6 is 0 Å². The first-order valence-corrected chi connectivity index (χ1v) is 8.88. The molecule has 2 aromatic carbocycles. The topological polar surface area (TPSA) is 104 Å². The smallest absolute Gasteiger partial charge is 0.346 e. The second kappa shape index (κ2) is 7.43. The summed E-state index contributed by atoms with van der Waals surface area (Å²) in [6.07, 6.45) is 0.944. The van der Waals surface area contributed by atoms with Crippen LogP contribution in [0.3, 0.4) is 0 Å². The molecule has 0 aliphatic carbocycles. The number of carbonyl (C=O) groups excluding carboxylic acids is 1. The zero-order chi connectivity index (χ0) is 18.6. The van der Waals surface area contributed by atoms with E-state index in [1.807, 2.05) is 0 Å². The van der Waals surface area contributed by atoms with Gasteiger partial charge in [0.1, 0.15) is 11.5 Å². The van der Waals surface area contributed by atoms with E-state index in [1.54, 1.807) is 19.1 Å². The van der Waals surface area contributed by atoms with Gasteiger partial charge in [0.25, 0.3) is 5.69 Å². The number of hydrogen-bond acceptors (Lipinski definition) is 6. The molecule has 0 atom stereocenters. The lowest BCUT2D eigenvalue weighted by Crippen LogP contribution is -2.12. The van der Waals surface area contributed by atoms with Gasteiger partial charge in [-0.05, 0) is 49.6 Å². The van der Waals surface area contributed by atoms with E-state index in [2.05, 4.69) is 0 Å². The minimum Gasteiger partial charge on any atom is -0.379 e. The van der Waals surface area contributed by atoms with Crippen molar-refractivity contribution in [1.29, 1.82) is 0 Å². The normalized spacial score (nSPS) is 11.1. The molecule has 0 aliphatic rings. The molecular weight excluding hydrogens is 346 g/mol. The van der Waals surface area contributed by atoms with Crippen LogP contribution in [0.5, 0.6) is 5.75 Å². The molecule has 0 spiro atoms. The highest BCUT2D eigenvalue weighted by Crippen LogP contribution is 2.28. The van der Waals surface area contributed by atoms with Gasteiger partial charge in [-0.1, -0.05) is 18.2 Å². The molecule has 0 saturated carbocycles. The molecule has 2 rings (SSSR count). The van der Waals surface area contributed by atoms with Crippen LogP contribution in [0.15, 0.2) is 47.4 Å². The summed E-state index contributed by atoms with van der Waals surface area (Å²) in [7, 11) is -4.34. The Labute approximate surface area is 145 Å². The van der Waals surface area contributed by atoms with E-state index in [9.17, 15) is 23.3 Å². The number of rotatable bonds is 7. The molecule has 132 valence electrons. The van der Waals surface area contributed by atoms with E-state index in [4.69, 9.17) is 4.18 Å². The zero-order valence-electron chi connectivity index (χ0n) is 13.8. The van der Waals surface area contributed by atoms with Gasteiger partial charge in [-0.25, -0.2) is 0 Å². The third kappa shape index (κ3) is 4.87. The Morgan fingerprint density at radius 3 is 2.36 bits per heavy atom. The summed E-state index contributed by atoms with van der Waals surface area (Å²) in [5, 5.41) is 11.1. The number of nitro groups is 1. The van der Waals surface area contributed by atoms with Crippen molar-refractivity contribution in [2.45, 2.75) is 31.6 Å². The summed E-state index contributed by atoms with van der Waals surface area (Å²) in [4.78, 5) is 20.8. The van der Waals surface area contributed by atoms with Gasteiger partial charge in [0.05, 0.1) is 4.92 Å². The van der Waals surface area contributed by atoms with Crippen molar-refractivity contribution >= 4 is 21.6 Å². The van der Waals surface area contributed by atoms with Gasteiger partial charge in [-0.3, -0.25) is 10.1 Å². The fourth-order valence-corrected chi connectivity index (χ4v) is 3.26. The lowest BCUT2D eigenvalue weighted by atomic mass is 10.1. The summed E-state index contributed by atoms with van der Waals surface area (Å²) in [6, 6.07) is 10.0. The number of aryl methyl sites for hydroxylation is 2. The van der Waals surface area contributed by atoms with Gasteiger partial charge in [-0.2, -0.15) is 8.42 Å². The maximum atomic E-state index is 12.4. The standard InChI is InChI=1S/C17H17NO6S/c1-12-3-10-17(16(11-12)18(20)21)25(22,23)24-15-8-6-14(7-9-15)5-4-13(2)19/h3,6-11H,4-5H2,1-2H3. The number of Topliss-reactive ketones (excluding diaryl/α,β-unsaturated/α-hetero) is 1. The highest BCUT2D eigenvalue weighted by atomic mass is 32.2. The van der Waals surface area contributed by atoms with E-state index < -0.39 is 25.6 Å². The molecule has 0 aromatic heterocycles. The lowest BCUT2D eigenvalue weighted by molar-refractivity contribution is -0.387. The van der Waals surface area contributed by atoms with Gasteiger partial charge in [0, 0.05) is 12.5 Å². The third-order valence-corrected chi connectivity index (χ3v) is 4.77. The van der Waals surface area contributed by atoms with Crippen molar-refractivity contribution in [3.8, 4) is 5.75 Å². The Kier molecular flexibility index (Phi) is 5.53. The molecule has 0 aliphatic heterocycles. The molecule has 0 unspecified atom stereocenters. The van der Waals surface area contributed by atoms with Gasteiger partial charge in [-0.15, -0.1) is 0 Å². The average molecular weight is 363 g/mol. The number of nitro benzene ring substituents is 1. The molecule has 0 heterocycles. The molecule has 0 radical (unpaired) electrons. The molecule has 0 saturated heterocycles. The maximum Gasteiger partial charge on any atom is 0.346 e. The van der Waals surface area contributed by atoms with Gasteiger partial charge in [0.2, 0.25) is 0 Å². The quantitative estimate of drug-likeness (QED) is 0.425. The molecule has 2 aromatic rings. The fourth-order valence-electron chi connectivity index (χ4n) is 2.19. The SMILES string of the molecule is CC(=O)CCc1ccc(OS(=O)(=O)c2ccc(C)cc2[N+](=O)[O-])cc1. The van der Waals surface area contributed by atoms with E-state index in [0.717, 1.165) is 11.6 Å². The Hall–Kier alpha value is -2.74. The number of benzene rings is 2. The first kappa shape index (κ1) is 18.6. The zero-order valence-corrected chi connectivity index (χ0v) is 14.6. The van der Waals surface area contributed by atoms with Crippen molar-refractivity contribution < 1.29 is 22.3 Å². The summed E-state index contributed by atoms with van der Waals surface area (Å²) in [6.45, 7) is 3.13. The fraction of sp³-hybridized carbons (Fsp3) is 0.235. The average Bonchev–Trinajstić information content (AvgIpc) is 2.53. The Balaban J connectivity index is 2.24. The first-order valence-electron chi connectivity index (χ1n) is 7.47. The number of nitrogens with zero attached hydrogens (tertiary/aromatic N) is 1. The second-order valence-corrected chi connectivity index (χ2v) is 7.13. The third-order valence-electron chi connectivity index (χ3n) is 3.48. The maximum absolute atomic E-state index is 12.4. The highest BCUT2D eigenvalue weighted by Gasteiger charge is 2.27. The lowest BCUT2D eigenvalue weighted by Gasteiger charge is -2.08. The van der Waals surface area contributed by atoms with Crippen LogP contribution in [-0.4, -0.2) is 19.1 Å². The first-order chi connectivity index (χ1) is 11.7. The van der Waals surface area contributed by atoms with Crippen LogP contribution < -0.4 is 4.18 Å². The van der Waals surface area contributed by atoms with Crippen LogP contribution in [-0.2, 0) is 21.3 Å². The van der Waals surface area contributed by atoms with E-state index in [1.165, 1.54) is 31.2 Å². The van der Waals surface area contributed by atoms with Crippen molar-refractivity contribution in [2.75, 3.05) is 0 Å². The van der Waals surface area contributed by atoms with Crippen molar-refractivity contribution in [3.05, 3.63) is 63.7 Å². The summed E-state index contributed by atoms with van der Waals surface area (Å²) in [5.41, 5.74) is 0.903. The van der Waals surface area contributed by atoms with Crippen molar-refractivity contribution in [2.24, 2.45) is 0 Å². The molecule has 0 bridgehead atoms. The molecule has 0 fully saturated rings. The summed E-state index contributed by atoms with van der Waals surface area (Å²) in [5.74, 6) is 0.107. The van der Waals surface area contributed by atoms with Crippen LogP contribution in [0.2, 0.25) is 0 Å². The Morgan fingerprint density at radius 2 is 1.80 bits per heavy atom. The second-order valence-electron chi connectivity index (χ2n) is 5.61. The monoisotopic (exact) mass is 363 g/mol. The minimum absolute atomic E-state index is 0.0430. The molecule has 0 amide bonds. The summed E-state index contributed by atoms with van der Waals surface area (Å²) >= 11 is 0. The number of ketones is 1. The Bertz CT molecular complexity index is 903. The molecule has 8 heteroatoms. The highest BCUT2D eigenvalue weighted by molar-refractivity contribution is 7.87. The predicted molar refractivity (Wildman–Crippen MR) is 91.1 cm³/mol. The molecule has 25 heavy (non-hydrogen) atoms.